The van der Waals surface area contributed by atoms with Gasteiger partial charge in [-0.3, -0.25) is 4.79 Å². The maximum atomic E-state index is 12.2. The second-order valence-electron chi connectivity index (χ2n) is 3.86. The lowest BCUT2D eigenvalue weighted by Crippen LogP contribution is -2.14. The van der Waals surface area contributed by atoms with E-state index in [1.54, 1.807) is 24.3 Å². The van der Waals surface area contributed by atoms with Crippen molar-refractivity contribution in [2.24, 2.45) is 0 Å². The minimum Gasteiger partial charge on any atom is -0.322 e. The molecule has 0 fully saturated rings. The zero-order chi connectivity index (χ0) is 14.0. The number of amides is 1. The third kappa shape index (κ3) is 3.26. The summed E-state index contributed by atoms with van der Waals surface area (Å²) >= 11 is 15.2. The molecule has 1 heterocycles. The van der Waals surface area contributed by atoms with Crippen LogP contribution in [0.4, 0.5) is 5.69 Å². The van der Waals surface area contributed by atoms with Gasteiger partial charge in [-0.05, 0) is 46.6 Å². The van der Waals surface area contributed by atoms with E-state index in [1.165, 1.54) is 6.20 Å². The van der Waals surface area contributed by atoms with Crippen LogP contribution in [-0.4, -0.2) is 10.9 Å². The van der Waals surface area contributed by atoms with Crippen molar-refractivity contribution in [2.45, 2.75) is 6.92 Å². The van der Waals surface area contributed by atoms with Crippen molar-refractivity contribution in [3.05, 3.63) is 56.2 Å². The zero-order valence-corrected chi connectivity index (χ0v) is 13.0. The summed E-state index contributed by atoms with van der Waals surface area (Å²) in [5.74, 6) is -0.329. The van der Waals surface area contributed by atoms with E-state index >= 15 is 0 Å². The smallest absolute Gasteiger partial charge is 0.258 e. The number of halogens is 3. The number of nitrogens with zero attached hydrogens (tertiary/aromatic N) is 1. The number of rotatable bonds is 2. The van der Waals surface area contributed by atoms with Gasteiger partial charge in [-0.1, -0.05) is 29.3 Å². The number of anilines is 1. The summed E-state index contributed by atoms with van der Waals surface area (Å²) in [4.78, 5) is 16.1. The fraction of sp³-hybridized carbons (Fsp3) is 0.0769. The normalized spacial score (nSPS) is 10.3. The molecule has 0 spiro atoms. The van der Waals surface area contributed by atoms with Crippen LogP contribution >= 0.6 is 39.1 Å². The molecule has 0 aliphatic heterocycles. The molecule has 2 rings (SSSR count). The molecule has 1 amide bonds. The van der Waals surface area contributed by atoms with E-state index in [4.69, 9.17) is 23.2 Å². The van der Waals surface area contributed by atoms with Crippen molar-refractivity contribution in [2.75, 3.05) is 5.32 Å². The van der Waals surface area contributed by atoms with Gasteiger partial charge in [-0.25, -0.2) is 4.98 Å². The van der Waals surface area contributed by atoms with Gasteiger partial charge in [0.25, 0.3) is 5.91 Å². The van der Waals surface area contributed by atoms with Gasteiger partial charge >= 0.3 is 0 Å². The monoisotopic (exact) mass is 358 g/mol. The molecule has 1 aromatic carbocycles. The van der Waals surface area contributed by atoms with Crippen molar-refractivity contribution in [3.8, 4) is 0 Å². The second-order valence-corrected chi connectivity index (χ2v) is 5.54. The number of nitrogens with one attached hydrogen (secondary N) is 1. The molecule has 2 aromatic rings. The van der Waals surface area contributed by atoms with Crippen LogP contribution in [0.15, 0.2) is 34.9 Å². The lowest BCUT2D eigenvalue weighted by Gasteiger charge is -2.10. The van der Waals surface area contributed by atoms with Crippen LogP contribution in [0.3, 0.4) is 0 Å². The summed E-state index contributed by atoms with van der Waals surface area (Å²) in [6.45, 7) is 1.83. The van der Waals surface area contributed by atoms with Crippen molar-refractivity contribution in [1.82, 2.24) is 4.98 Å². The first-order valence-corrected chi connectivity index (χ1v) is 6.91. The second kappa shape index (κ2) is 5.90. The van der Waals surface area contributed by atoms with Crippen LogP contribution in [0, 0.1) is 6.92 Å². The van der Waals surface area contributed by atoms with Gasteiger partial charge in [0.2, 0.25) is 0 Å². The minimum atomic E-state index is -0.329. The zero-order valence-electron chi connectivity index (χ0n) is 9.88. The molecule has 98 valence electrons. The molecule has 0 saturated heterocycles. The minimum absolute atomic E-state index is 0.153. The number of hydrogen-bond donors (Lipinski definition) is 1. The summed E-state index contributed by atoms with van der Waals surface area (Å²) in [6.07, 6.45) is 1.53. The molecule has 3 nitrogen and oxygen atoms in total. The summed E-state index contributed by atoms with van der Waals surface area (Å²) < 4.78 is 0.685. The number of benzene rings is 1. The number of carbonyl (C=O) groups is 1. The van der Waals surface area contributed by atoms with E-state index in [-0.39, 0.29) is 11.1 Å². The molecule has 0 atom stereocenters. The Kier molecular flexibility index (Phi) is 4.45. The van der Waals surface area contributed by atoms with Crippen LogP contribution in [0.1, 0.15) is 15.9 Å². The molecular formula is C13H9BrCl2N2O. The molecular weight excluding hydrogens is 351 g/mol. The van der Waals surface area contributed by atoms with Gasteiger partial charge in [0, 0.05) is 21.4 Å². The fourth-order valence-corrected chi connectivity index (χ4v) is 2.21. The Balaban J connectivity index is 2.31. The van der Waals surface area contributed by atoms with Crippen LogP contribution in [-0.2, 0) is 0 Å². The summed E-state index contributed by atoms with van der Waals surface area (Å²) in [6, 6.07) is 6.93. The topological polar surface area (TPSA) is 42.0 Å². The van der Waals surface area contributed by atoms with Crippen LogP contribution in [0.5, 0.6) is 0 Å². The highest BCUT2D eigenvalue weighted by Crippen LogP contribution is 2.25. The standard InChI is InChI=1S/C13H9BrCl2N2O/c1-7-10(15)3-2-4-11(7)18-13(19)9-5-8(14)6-17-12(9)16/h2-6H,1H3,(H,18,19). The first-order chi connectivity index (χ1) is 8.99. The van der Waals surface area contributed by atoms with Gasteiger partial charge in [0.05, 0.1) is 5.56 Å². The number of hydrogen-bond acceptors (Lipinski definition) is 2. The fourth-order valence-electron chi connectivity index (χ4n) is 1.51. The lowest BCUT2D eigenvalue weighted by molar-refractivity contribution is 0.102. The molecule has 0 saturated carbocycles. The molecule has 0 radical (unpaired) electrons. The molecule has 1 aromatic heterocycles. The summed E-state index contributed by atoms with van der Waals surface area (Å²) in [7, 11) is 0. The van der Waals surface area contributed by atoms with Crippen LogP contribution in [0.2, 0.25) is 10.2 Å². The molecule has 0 aliphatic carbocycles. The van der Waals surface area contributed by atoms with E-state index in [0.717, 1.165) is 5.56 Å². The maximum absolute atomic E-state index is 12.2. The SMILES string of the molecule is Cc1c(Cl)cccc1NC(=O)c1cc(Br)cnc1Cl. The van der Waals surface area contributed by atoms with E-state index in [1.807, 2.05) is 6.92 Å². The summed E-state index contributed by atoms with van der Waals surface area (Å²) in [5, 5.41) is 3.51. The number of aromatic nitrogens is 1. The molecule has 0 unspecified atom stereocenters. The largest absolute Gasteiger partial charge is 0.322 e. The van der Waals surface area contributed by atoms with E-state index in [0.29, 0.717) is 20.7 Å². The quantitative estimate of drug-likeness (QED) is 0.789. The van der Waals surface area contributed by atoms with Crippen LogP contribution in [0.25, 0.3) is 0 Å². The molecule has 0 aliphatic rings. The predicted octanol–water partition coefficient (Wildman–Crippen LogP) is 4.71. The van der Waals surface area contributed by atoms with Gasteiger partial charge in [-0.2, -0.15) is 0 Å². The van der Waals surface area contributed by atoms with E-state index in [2.05, 4.69) is 26.2 Å². The highest BCUT2D eigenvalue weighted by molar-refractivity contribution is 9.10. The third-order valence-corrected chi connectivity index (χ3v) is 3.71. The van der Waals surface area contributed by atoms with Gasteiger partial charge in [0.15, 0.2) is 0 Å². The van der Waals surface area contributed by atoms with Crippen molar-refractivity contribution in [3.63, 3.8) is 0 Å². The average Bonchev–Trinajstić information content (AvgIpc) is 2.38. The Labute approximate surface area is 129 Å². The average molecular weight is 360 g/mol. The Morgan fingerprint density at radius 3 is 2.84 bits per heavy atom. The van der Waals surface area contributed by atoms with Crippen molar-refractivity contribution < 1.29 is 4.79 Å². The van der Waals surface area contributed by atoms with Crippen molar-refractivity contribution in [1.29, 1.82) is 0 Å². The molecule has 6 heteroatoms. The van der Waals surface area contributed by atoms with Gasteiger partial charge in [0.1, 0.15) is 5.15 Å². The van der Waals surface area contributed by atoms with Gasteiger partial charge < -0.3 is 5.32 Å². The Hall–Kier alpha value is -1.10. The molecule has 19 heavy (non-hydrogen) atoms. The Bertz CT molecular complexity index is 647. The Morgan fingerprint density at radius 2 is 2.11 bits per heavy atom. The third-order valence-electron chi connectivity index (χ3n) is 2.57. The number of pyridine rings is 1. The maximum Gasteiger partial charge on any atom is 0.258 e. The lowest BCUT2D eigenvalue weighted by atomic mass is 10.2. The molecule has 1 N–H and O–H groups in total. The molecule has 0 bridgehead atoms. The Morgan fingerprint density at radius 1 is 1.37 bits per heavy atom. The highest BCUT2D eigenvalue weighted by atomic mass is 79.9. The van der Waals surface area contributed by atoms with Crippen molar-refractivity contribution >= 4 is 50.7 Å². The van der Waals surface area contributed by atoms with Crippen LogP contribution < -0.4 is 5.32 Å². The number of carbonyl (C=O) groups excluding carboxylic acids is 1. The first-order valence-electron chi connectivity index (χ1n) is 5.36. The first kappa shape index (κ1) is 14.3. The predicted molar refractivity (Wildman–Crippen MR) is 81.1 cm³/mol. The highest BCUT2D eigenvalue weighted by Gasteiger charge is 2.13. The van der Waals surface area contributed by atoms with Gasteiger partial charge in [-0.15, -0.1) is 0 Å². The van der Waals surface area contributed by atoms with E-state index in [9.17, 15) is 4.79 Å². The van der Waals surface area contributed by atoms with E-state index < -0.39 is 0 Å². The summed E-state index contributed by atoms with van der Waals surface area (Å²) in [5.41, 5.74) is 1.75.